The number of pyridine rings is 1. The topological polar surface area (TPSA) is 89.9 Å². The molecule has 1 atom stereocenters. The van der Waals surface area contributed by atoms with Gasteiger partial charge in [0, 0.05) is 41.0 Å². The van der Waals surface area contributed by atoms with Crippen LogP contribution in [-0.2, 0) is 0 Å². The number of aromatic nitrogens is 3. The molecule has 0 spiro atoms. The smallest absolute Gasteiger partial charge is 0.169 e. The number of hydrogen-bond acceptors (Lipinski definition) is 6. The number of rotatable bonds is 5. The number of furan rings is 1. The quantitative estimate of drug-likeness (QED) is 0.317. The van der Waals surface area contributed by atoms with Crippen LogP contribution in [0, 0.1) is 19.7 Å². The van der Waals surface area contributed by atoms with Crippen LogP contribution in [0.2, 0.25) is 0 Å². The molecule has 0 fully saturated rings. The lowest BCUT2D eigenvalue weighted by Crippen LogP contribution is -2.09. The summed E-state index contributed by atoms with van der Waals surface area (Å²) in [5, 5.41) is 4.19. The second kappa shape index (κ2) is 8.59. The minimum absolute atomic E-state index is 0.0357. The van der Waals surface area contributed by atoms with E-state index >= 15 is 0 Å². The molecule has 0 aliphatic carbocycles. The van der Waals surface area contributed by atoms with E-state index in [1.54, 1.807) is 18.7 Å². The van der Waals surface area contributed by atoms with Crippen molar-refractivity contribution >= 4 is 22.5 Å². The summed E-state index contributed by atoms with van der Waals surface area (Å²) in [6, 6.07) is 15.3. The highest BCUT2D eigenvalue weighted by Gasteiger charge is 2.14. The van der Waals surface area contributed by atoms with E-state index in [9.17, 15) is 4.39 Å². The van der Waals surface area contributed by atoms with Gasteiger partial charge in [0.25, 0.3) is 0 Å². The van der Waals surface area contributed by atoms with Gasteiger partial charge >= 0.3 is 0 Å². The van der Waals surface area contributed by atoms with Crippen molar-refractivity contribution in [3.05, 3.63) is 90.0 Å². The maximum atomic E-state index is 14.6. The number of nitrogen functional groups attached to an aromatic ring is 1. The Morgan fingerprint density at radius 2 is 1.82 bits per heavy atom. The Bertz CT molecular complexity index is 1510. The molecule has 170 valence electrons. The van der Waals surface area contributed by atoms with E-state index in [4.69, 9.17) is 10.2 Å². The number of anilines is 2. The average Bonchev–Trinajstić information content (AvgIpc) is 3.20. The number of fused-ring (bicyclic) bond motifs is 1. The minimum atomic E-state index is -0.410. The van der Waals surface area contributed by atoms with Crippen molar-refractivity contribution in [1.82, 2.24) is 15.0 Å². The van der Waals surface area contributed by atoms with E-state index in [1.165, 1.54) is 6.07 Å². The molecule has 5 rings (SSSR count). The molecular formula is C27H24FN5O. The molecule has 0 saturated heterocycles. The Hall–Kier alpha value is -4.26. The molecule has 0 radical (unpaired) electrons. The van der Waals surface area contributed by atoms with Crippen LogP contribution >= 0.6 is 0 Å². The van der Waals surface area contributed by atoms with E-state index < -0.39 is 5.82 Å². The van der Waals surface area contributed by atoms with Crippen molar-refractivity contribution in [2.24, 2.45) is 0 Å². The van der Waals surface area contributed by atoms with Crippen LogP contribution in [0.15, 0.2) is 71.6 Å². The van der Waals surface area contributed by atoms with Gasteiger partial charge < -0.3 is 15.5 Å². The molecule has 1 unspecified atom stereocenters. The van der Waals surface area contributed by atoms with Crippen LogP contribution in [0.1, 0.15) is 29.9 Å². The second-order valence-corrected chi connectivity index (χ2v) is 8.44. The van der Waals surface area contributed by atoms with Crippen LogP contribution in [-0.4, -0.2) is 15.0 Å². The van der Waals surface area contributed by atoms with E-state index in [-0.39, 0.29) is 11.6 Å². The van der Waals surface area contributed by atoms with Crippen LogP contribution in [0.4, 0.5) is 15.9 Å². The first-order valence-electron chi connectivity index (χ1n) is 11.0. The van der Waals surface area contributed by atoms with Crippen LogP contribution in [0.25, 0.3) is 33.4 Å². The maximum absolute atomic E-state index is 14.6. The molecule has 0 bridgehead atoms. The van der Waals surface area contributed by atoms with E-state index in [2.05, 4.69) is 39.3 Å². The Kier molecular flexibility index (Phi) is 5.45. The van der Waals surface area contributed by atoms with Crippen molar-refractivity contribution in [3.8, 4) is 22.4 Å². The third kappa shape index (κ3) is 4.20. The number of nitrogens with zero attached hydrogens (tertiary/aromatic N) is 3. The summed E-state index contributed by atoms with van der Waals surface area (Å²) >= 11 is 0. The molecule has 0 aliphatic rings. The molecular weight excluding hydrogens is 429 g/mol. The van der Waals surface area contributed by atoms with Gasteiger partial charge in [-0.05, 0) is 61.7 Å². The summed E-state index contributed by atoms with van der Waals surface area (Å²) in [5.41, 5.74) is 12.0. The highest BCUT2D eigenvalue weighted by Crippen LogP contribution is 2.31. The van der Waals surface area contributed by atoms with Gasteiger partial charge in [-0.1, -0.05) is 18.2 Å². The number of nitrogens with two attached hydrogens (primary N) is 1. The Labute approximate surface area is 196 Å². The fourth-order valence-electron chi connectivity index (χ4n) is 4.06. The number of hydrogen-bond donors (Lipinski definition) is 2. The predicted octanol–water partition coefficient (Wildman–Crippen LogP) is 6.46. The lowest BCUT2D eigenvalue weighted by Gasteiger charge is -2.17. The fourth-order valence-corrected chi connectivity index (χ4v) is 4.06. The van der Waals surface area contributed by atoms with Crippen LogP contribution in [0.3, 0.4) is 0 Å². The molecule has 3 aromatic heterocycles. The zero-order valence-corrected chi connectivity index (χ0v) is 19.1. The highest BCUT2D eigenvalue weighted by atomic mass is 19.1. The summed E-state index contributed by atoms with van der Waals surface area (Å²) in [6.07, 6.45) is 4.99. The lowest BCUT2D eigenvalue weighted by molar-refractivity contribution is 0.559. The van der Waals surface area contributed by atoms with Gasteiger partial charge in [-0.25, -0.2) is 14.4 Å². The van der Waals surface area contributed by atoms with E-state index in [1.807, 2.05) is 44.2 Å². The third-order valence-electron chi connectivity index (χ3n) is 5.80. The third-order valence-corrected chi connectivity index (χ3v) is 5.80. The summed E-state index contributed by atoms with van der Waals surface area (Å²) < 4.78 is 20.0. The molecule has 7 heteroatoms. The van der Waals surface area contributed by atoms with Gasteiger partial charge in [-0.3, -0.25) is 4.98 Å². The van der Waals surface area contributed by atoms with Crippen molar-refractivity contribution in [1.29, 1.82) is 0 Å². The van der Waals surface area contributed by atoms with E-state index in [0.29, 0.717) is 28.6 Å². The Morgan fingerprint density at radius 3 is 2.65 bits per heavy atom. The largest absolute Gasteiger partial charge is 0.461 e. The number of aryl methyl sites for hydroxylation is 2. The first-order valence-corrected chi connectivity index (χ1v) is 11.0. The monoisotopic (exact) mass is 453 g/mol. The van der Waals surface area contributed by atoms with Gasteiger partial charge in [0.15, 0.2) is 11.4 Å². The normalized spacial score (nSPS) is 12.1. The first kappa shape index (κ1) is 21.6. The van der Waals surface area contributed by atoms with Crippen LogP contribution < -0.4 is 11.1 Å². The molecule has 3 N–H and O–H groups in total. The van der Waals surface area contributed by atoms with Gasteiger partial charge in [-0.15, -0.1) is 0 Å². The molecule has 34 heavy (non-hydrogen) atoms. The van der Waals surface area contributed by atoms with Gasteiger partial charge in [0.2, 0.25) is 0 Å². The standard InChI is InChI=1S/C27H24FN5O/c1-15-14-34-27-23(15)9-20(10-24(27)28)25-11-26(33-17(3)32-25)31-16(2)18-5-4-6-19(7-18)21-8-22(29)13-30-12-21/h4-14,16H,29H2,1-3H3,(H,31,32,33). The molecule has 0 aliphatic heterocycles. The van der Waals surface area contributed by atoms with E-state index in [0.717, 1.165) is 27.6 Å². The lowest BCUT2D eigenvalue weighted by atomic mass is 10.0. The number of benzene rings is 2. The van der Waals surface area contributed by atoms with Crippen molar-refractivity contribution in [2.45, 2.75) is 26.8 Å². The molecule has 2 aromatic carbocycles. The van der Waals surface area contributed by atoms with Gasteiger partial charge in [0.05, 0.1) is 17.6 Å². The molecule has 6 nitrogen and oxygen atoms in total. The minimum Gasteiger partial charge on any atom is -0.461 e. The Balaban J connectivity index is 1.45. The number of halogens is 1. The first-order chi connectivity index (χ1) is 16.4. The summed E-state index contributed by atoms with van der Waals surface area (Å²) in [4.78, 5) is 13.3. The average molecular weight is 454 g/mol. The van der Waals surface area contributed by atoms with Crippen molar-refractivity contribution in [3.63, 3.8) is 0 Å². The summed E-state index contributed by atoms with van der Waals surface area (Å²) in [5.74, 6) is 0.847. The highest BCUT2D eigenvalue weighted by molar-refractivity contribution is 5.86. The fraction of sp³-hybridized carbons (Fsp3) is 0.148. The zero-order valence-electron chi connectivity index (χ0n) is 19.1. The summed E-state index contributed by atoms with van der Waals surface area (Å²) in [7, 11) is 0. The zero-order chi connectivity index (χ0) is 23.8. The number of nitrogens with one attached hydrogen (secondary N) is 1. The predicted molar refractivity (Wildman–Crippen MR) is 133 cm³/mol. The Morgan fingerprint density at radius 1 is 0.971 bits per heavy atom. The van der Waals surface area contributed by atoms with Gasteiger partial charge in [-0.2, -0.15) is 0 Å². The maximum Gasteiger partial charge on any atom is 0.169 e. The van der Waals surface area contributed by atoms with Crippen molar-refractivity contribution in [2.75, 3.05) is 11.1 Å². The second-order valence-electron chi connectivity index (χ2n) is 8.44. The van der Waals surface area contributed by atoms with Gasteiger partial charge in [0.1, 0.15) is 11.6 Å². The van der Waals surface area contributed by atoms with Crippen molar-refractivity contribution < 1.29 is 8.81 Å². The molecule has 5 aromatic rings. The molecule has 0 amide bonds. The van der Waals surface area contributed by atoms with Crippen LogP contribution in [0.5, 0.6) is 0 Å². The SMILES string of the molecule is Cc1nc(NC(C)c2cccc(-c3cncc(N)c3)c2)cc(-c2cc(F)c3occ(C)c3c2)n1. The summed E-state index contributed by atoms with van der Waals surface area (Å²) in [6.45, 7) is 5.78. The molecule has 0 saturated carbocycles. The molecule has 3 heterocycles.